The van der Waals surface area contributed by atoms with Crippen LogP contribution in [0.2, 0.25) is 0 Å². The molecular formula is C34H48N6O4. The average Bonchev–Trinajstić information content (AvgIpc) is 3.79. The Hall–Kier alpha value is -4.08. The van der Waals surface area contributed by atoms with Gasteiger partial charge in [-0.2, -0.15) is 0 Å². The number of hydrazine groups is 2. The summed E-state index contributed by atoms with van der Waals surface area (Å²) in [5.74, 6) is -2.15. The molecule has 0 radical (unpaired) electrons. The second kappa shape index (κ2) is 17.9. The van der Waals surface area contributed by atoms with Crippen LogP contribution in [0, 0.1) is 0 Å². The number of nitrogens with zero attached hydrogens (tertiary/aromatic N) is 6. The molecule has 0 unspecified atom stereocenters. The smallest absolute Gasteiger partial charge is 0.303 e. The molecule has 0 saturated heterocycles. The van der Waals surface area contributed by atoms with Gasteiger partial charge in [0.15, 0.2) is 0 Å². The lowest BCUT2D eigenvalue weighted by molar-refractivity contribution is -0.143. The summed E-state index contributed by atoms with van der Waals surface area (Å²) >= 11 is 0. The predicted molar refractivity (Wildman–Crippen MR) is 176 cm³/mol. The molecule has 6 rings (SSSR count). The zero-order valence-electron chi connectivity index (χ0n) is 25.8. The van der Waals surface area contributed by atoms with E-state index in [2.05, 4.69) is 90.7 Å². The van der Waals surface area contributed by atoms with Crippen LogP contribution in [-0.4, -0.2) is 83.1 Å². The molecule has 0 spiro atoms. The van der Waals surface area contributed by atoms with Crippen LogP contribution in [0.5, 0.6) is 0 Å². The number of aliphatic carboxylic acids is 2. The summed E-state index contributed by atoms with van der Waals surface area (Å²) in [7, 11) is 0. The molecule has 44 heavy (non-hydrogen) atoms. The molecule has 238 valence electrons. The van der Waals surface area contributed by atoms with E-state index >= 15 is 0 Å². The van der Waals surface area contributed by atoms with Crippen LogP contribution in [0.25, 0.3) is 0 Å². The highest BCUT2D eigenvalue weighted by Crippen LogP contribution is 2.30. The zero-order chi connectivity index (χ0) is 31.0. The third-order valence-electron chi connectivity index (χ3n) is 8.34. The molecule has 2 aromatic carbocycles. The first-order chi connectivity index (χ1) is 21.5. The standard InChI is InChI=1S/2C15H21N3.C4H6O4/c2*1-3-7-14(8-4-1)18(17-12-11-16-13-17)15-9-5-2-6-10-15;5-3(6)1-2-4(7)8/h2*1,3-4,7-8,13,15H,2,5-6,9-12H2;1-2H2,(H,5,6)(H,7,8). The lowest BCUT2D eigenvalue weighted by Crippen LogP contribution is -2.48. The van der Waals surface area contributed by atoms with Gasteiger partial charge in [-0.15, -0.1) is 0 Å². The van der Waals surface area contributed by atoms with Crippen molar-refractivity contribution < 1.29 is 19.8 Å². The first-order valence-corrected chi connectivity index (χ1v) is 16.2. The van der Waals surface area contributed by atoms with Crippen molar-refractivity contribution in [2.75, 3.05) is 36.2 Å². The maximum Gasteiger partial charge on any atom is 0.303 e. The van der Waals surface area contributed by atoms with Gasteiger partial charge in [-0.3, -0.25) is 39.6 Å². The minimum absolute atomic E-state index is 0.296. The summed E-state index contributed by atoms with van der Waals surface area (Å²) in [6.07, 6.45) is 16.9. The van der Waals surface area contributed by atoms with E-state index in [0.717, 1.165) is 26.2 Å². The molecule has 2 aliphatic heterocycles. The molecule has 0 amide bonds. The van der Waals surface area contributed by atoms with Crippen LogP contribution in [0.4, 0.5) is 11.4 Å². The van der Waals surface area contributed by atoms with E-state index in [1.807, 2.05) is 12.7 Å². The first-order valence-electron chi connectivity index (χ1n) is 16.2. The van der Waals surface area contributed by atoms with E-state index in [-0.39, 0.29) is 12.8 Å². The van der Waals surface area contributed by atoms with Gasteiger partial charge in [0.25, 0.3) is 0 Å². The van der Waals surface area contributed by atoms with Gasteiger partial charge in [0.1, 0.15) is 12.7 Å². The molecule has 2 aromatic rings. The van der Waals surface area contributed by atoms with Gasteiger partial charge in [-0.1, -0.05) is 74.9 Å². The van der Waals surface area contributed by atoms with Crippen molar-refractivity contribution in [3.05, 3.63) is 60.7 Å². The van der Waals surface area contributed by atoms with Crippen molar-refractivity contribution in [3.8, 4) is 0 Å². The number of rotatable bonds is 9. The first kappa shape index (κ1) is 32.8. The van der Waals surface area contributed by atoms with E-state index < -0.39 is 11.9 Å². The molecule has 4 aliphatic rings. The number of carboxylic acids is 2. The number of aliphatic imine (C=N–C) groups is 2. The Morgan fingerprint density at radius 2 is 0.977 bits per heavy atom. The van der Waals surface area contributed by atoms with E-state index in [0.29, 0.717) is 12.1 Å². The SMILES string of the molecule is C1=NCCN1N(c1ccccc1)C1CCCCC1.C1=NCCN1N(c1ccccc1)C1CCCCC1.O=C(O)CCC(=O)O. The molecule has 2 aliphatic carbocycles. The minimum Gasteiger partial charge on any atom is -0.481 e. The molecular weight excluding hydrogens is 556 g/mol. The second-order valence-electron chi connectivity index (χ2n) is 11.6. The molecule has 0 aromatic heterocycles. The highest BCUT2D eigenvalue weighted by molar-refractivity contribution is 5.75. The minimum atomic E-state index is -1.08. The number of benzene rings is 2. The molecule has 2 saturated carbocycles. The number of hydrogen-bond donors (Lipinski definition) is 2. The van der Waals surface area contributed by atoms with Crippen LogP contribution in [-0.2, 0) is 9.59 Å². The normalized spacial score (nSPS) is 18.2. The van der Waals surface area contributed by atoms with Gasteiger partial charge in [0, 0.05) is 0 Å². The third-order valence-corrected chi connectivity index (χ3v) is 8.34. The van der Waals surface area contributed by atoms with Crippen molar-refractivity contribution in [3.63, 3.8) is 0 Å². The Morgan fingerprint density at radius 1 is 0.614 bits per heavy atom. The van der Waals surface area contributed by atoms with Crippen molar-refractivity contribution >= 4 is 36.0 Å². The summed E-state index contributed by atoms with van der Waals surface area (Å²) < 4.78 is 0. The average molecular weight is 605 g/mol. The summed E-state index contributed by atoms with van der Waals surface area (Å²) in [6.45, 7) is 3.89. The van der Waals surface area contributed by atoms with E-state index in [1.54, 1.807) is 0 Å². The van der Waals surface area contributed by atoms with Gasteiger partial charge in [0.05, 0.1) is 62.5 Å². The summed E-state index contributed by atoms with van der Waals surface area (Å²) in [5, 5.41) is 25.3. The molecule has 10 heteroatoms. The monoisotopic (exact) mass is 604 g/mol. The predicted octanol–water partition coefficient (Wildman–Crippen LogP) is 6.11. The van der Waals surface area contributed by atoms with Gasteiger partial charge in [-0.05, 0) is 49.9 Å². The zero-order valence-corrected chi connectivity index (χ0v) is 25.8. The van der Waals surface area contributed by atoms with E-state index in [9.17, 15) is 9.59 Å². The van der Waals surface area contributed by atoms with Crippen LogP contribution in [0.1, 0.15) is 77.0 Å². The van der Waals surface area contributed by atoms with E-state index in [4.69, 9.17) is 10.2 Å². The van der Waals surface area contributed by atoms with Crippen LogP contribution >= 0.6 is 0 Å². The molecule has 0 atom stereocenters. The Labute approximate surface area is 261 Å². The summed E-state index contributed by atoms with van der Waals surface area (Å²) in [6, 6.07) is 22.8. The Kier molecular flexibility index (Phi) is 13.4. The Bertz CT molecular complexity index is 1090. The highest BCUT2D eigenvalue weighted by Gasteiger charge is 2.27. The largest absolute Gasteiger partial charge is 0.481 e. The molecule has 10 nitrogen and oxygen atoms in total. The lowest BCUT2D eigenvalue weighted by atomic mass is 9.94. The van der Waals surface area contributed by atoms with Gasteiger partial charge < -0.3 is 10.2 Å². The quantitative estimate of drug-likeness (QED) is 0.353. The maximum absolute atomic E-state index is 9.64. The fourth-order valence-corrected chi connectivity index (χ4v) is 6.23. The maximum atomic E-state index is 9.64. The number of carbonyl (C=O) groups is 2. The van der Waals surface area contributed by atoms with Crippen molar-refractivity contribution in [1.82, 2.24) is 10.0 Å². The van der Waals surface area contributed by atoms with Crippen LogP contribution in [0.3, 0.4) is 0 Å². The number of hydrogen-bond acceptors (Lipinski definition) is 8. The molecule has 2 fully saturated rings. The third kappa shape index (κ3) is 10.3. The van der Waals surface area contributed by atoms with Crippen molar-refractivity contribution in [2.24, 2.45) is 9.98 Å². The number of carboxylic acid groups (broad SMARTS) is 2. The van der Waals surface area contributed by atoms with E-state index in [1.165, 1.54) is 75.6 Å². The topological polar surface area (TPSA) is 112 Å². The lowest BCUT2D eigenvalue weighted by Gasteiger charge is -2.41. The Balaban J connectivity index is 0.000000163. The second-order valence-corrected chi connectivity index (χ2v) is 11.6. The van der Waals surface area contributed by atoms with Crippen LogP contribution < -0.4 is 10.0 Å². The van der Waals surface area contributed by atoms with Crippen molar-refractivity contribution in [2.45, 2.75) is 89.1 Å². The fraction of sp³-hybridized carbons (Fsp3) is 0.529. The number of para-hydroxylation sites is 2. The molecule has 0 bridgehead atoms. The fourth-order valence-electron chi connectivity index (χ4n) is 6.23. The highest BCUT2D eigenvalue weighted by atomic mass is 16.4. The molecule has 2 N–H and O–H groups in total. The molecule has 2 heterocycles. The van der Waals surface area contributed by atoms with Crippen molar-refractivity contribution in [1.29, 1.82) is 0 Å². The van der Waals surface area contributed by atoms with Gasteiger partial charge in [0.2, 0.25) is 0 Å². The summed E-state index contributed by atoms with van der Waals surface area (Å²) in [5.41, 5.74) is 2.61. The van der Waals surface area contributed by atoms with Gasteiger partial charge in [-0.25, -0.2) is 0 Å². The number of anilines is 2. The van der Waals surface area contributed by atoms with Gasteiger partial charge >= 0.3 is 11.9 Å². The van der Waals surface area contributed by atoms with Crippen LogP contribution in [0.15, 0.2) is 70.6 Å². The Morgan fingerprint density at radius 3 is 1.27 bits per heavy atom. The summed E-state index contributed by atoms with van der Waals surface area (Å²) in [4.78, 5) is 28.0.